The average Bonchev–Trinajstić information content (AvgIpc) is 2.55. The lowest BCUT2D eigenvalue weighted by Gasteiger charge is -2.21. The van der Waals surface area contributed by atoms with Crippen LogP contribution < -0.4 is 5.32 Å². The summed E-state index contributed by atoms with van der Waals surface area (Å²) in [6, 6.07) is 9.85. The number of nitrogens with one attached hydrogen (secondary N) is 1. The van der Waals surface area contributed by atoms with E-state index in [9.17, 15) is 5.11 Å². The van der Waals surface area contributed by atoms with Gasteiger partial charge in [0.15, 0.2) is 0 Å². The number of benzene rings is 1. The number of rotatable bonds is 1. The molecule has 2 nitrogen and oxygen atoms in total. The molecule has 0 aliphatic carbocycles. The van der Waals surface area contributed by atoms with Crippen molar-refractivity contribution in [3.8, 4) is 0 Å². The summed E-state index contributed by atoms with van der Waals surface area (Å²) in [6.45, 7) is 1.59. The lowest BCUT2D eigenvalue weighted by Crippen LogP contribution is -2.27. The fourth-order valence-corrected chi connectivity index (χ4v) is 1.67. The van der Waals surface area contributed by atoms with Gasteiger partial charge in [-0.15, -0.1) is 12.4 Å². The fourth-order valence-electron chi connectivity index (χ4n) is 1.67. The fraction of sp³-hybridized carbons (Fsp3) is 0.400. The minimum atomic E-state index is -0.624. The highest BCUT2D eigenvalue weighted by Crippen LogP contribution is 2.26. The van der Waals surface area contributed by atoms with Crippen LogP contribution in [0.5, 0.6) is 0 Å². The van der Waals surface area contributed by atoms with E-state index in [2.05, 4.69) is 5.32 Å². The van der Waals surface area contributed by atoms with E-state index in [1.165, 1.54) is 0 Å². The number of hydrogen-bond donors (Lipinski definition) is 2. The van der Waals surface area contributed by atoms with Crippen molar-refractivity contribution in [3.63, 3.8) is 0 Å². The highest BCUT2D eigenvalue weighted by atomic mass is 35.5. The van der Waals surface area contributed by atoms with Gasteiger partial charge in [0, 0.05) is 6.54 Å². The zero-order chi connectivity index (χ0) is 8.44. The van der Waals surface area contributed by atoms with Crippen LogP contribution in [0.1, 0.15) is 12.0 Å². The number of β-amino-alcohol motifs (C(OH)–C–C–N with tert-alkyl or cyclic N) is 1. The zero-order valence-corrected chi connectivity index (χ0v) is 8.18. The minimum Gasteiger partial charge on any atom is -0.384 e. The average molecular weight is 200 g/mol. The van der Waals surface area contributed by atoms with Crippen LogP contribution in [0.2, 0.25) is 0 Å². The molecule has 1 saturated heterocycles. The van der Waals surface area contributed by atoms with Crippen LogP contribution in [0.25, 0.3) is 0 Å². The van der Waals surface area contributed by atoms with E-state index in [1.807, 2.05) is 30.3 Å². The predicted molar refractivity (Wildman–Crippen MR) is 55.1 cm³/mol. The van der Waals surface area contributed by atoms with Crippen LogP contribution >= 0.6 is 12.4 Å². The van der Waals surface area contributed by atoms with Gasteiger partial charge in [-0.25, -0.2) is 0 Å². The first-order valence-electron chi connectivity index (χ1n) is 4.30. The molecule has 0 aromatic heterocycles. The van der Waals surface area contributed by atoms with E-state index < -0.39 is 5.60 Å². The third-order valence-corrected chi connectivity index (χ3v) is 2.44. The van der Waals surface area contributed by atoms with Gasteiger partial charge in [0.1, 0.15) is 5.60 Å². The van der Waals surface area contributed by atoms with Crippen LogP contribution in [0.4, 0.5) is 0 Å². The molecule has 0 unspecified atom stereocenters. The van der Waals surface area contributed by atoms with Gasteiger partial charge in [0.05, 0.1) is 0 Å². The highest BCUT2D eigenvalue weighted by Gasteiger charge is 2.32. The minimum absolute atomic E-state index is 0. The molecule has 0 radical (unpaired) electrons. The summed E-state index contributed by atoms with van der Waals surface area (Å²) in [7, 11) is 0. The molecule has 2 N–H and O–H groups in total. The first-order valence-corrected chi connectivity index (χ1v) is 4.30. The summed E-state index contributed by atoms with van der Waals surface area (Å²) < 4.78 is 0. The van der Waals surface area contributed by atoms with Crippen LogP contribution in [-0.4, -0.2) is 18.2 Å². The molecular weight excluding hydrogens is 186 g/mol. The second-order valence-electron chi connectivity index (χ2n) is 3.32. The SMILES string of the molecule is Cl.O[C@@]1(c2ccccc2)CCNC1. The normalized spacial score (nSPS) is 26.8. The van der Waals surface area contributed by atoms with Crippen LogP contribution in [0.15, 0.2) is 30.3 Å². The van der Waals surface area contributed by atoms with Gasteiger partial charge in [-0.1, -0.05) is 30.3 Å². The molecule has 1 fully saturated rings. The summed E-state index contributed by atoms with van der Waals surface area (Å²) in [5.74, 6) is 0. The molecule has 1 aliphatic rings. The van der Waals surface area contributed by atoms with Crippen molar-refractivity contribution in [2.24, 2.45) is 0 Å². The zero-order valence-electron chi connectivity index (χ0n) is 7.36. The number of aliphatic hydroxyl groups is 1. The predicted octanol–water partition coefficient (Wildman–Crippen LogP) is 1.29. The highest BCUT2D eigenvalue weighted by molar-refractivity contribution is 5.85. The van der Waals surface area contributed by atoms with Gasteiger partial charge in [-0.2, -0.15) is 0 Å². The maximum Gasteiger partial charge on any atom is 0.103 e. The van der Waals surface area contributed by atoms with Crippen molar-refractivity contribution >= 4 is 12.4 Å². The molecule has 0 amide bonds. The molecule has 2 rings (SSSR count). The van der Waals surface area contributed by atoms with Crippen molar-refractivity contribution in [2.45, 2.75) is 12.0 Å². The largest absolute Gasteiger partial charge is 0.384 e. The van der Waals surface area contributed by atoms with Gasteiger partial charge in [0.25, 0.3) is 0 Å². The van der Waals surface area contributed by atoms with Crippen molar-refractivity contribution in [3.05, 3.63) is 35.9 Å². The Hall–Kier alpha value is -0.570. The van der Waals surface area contributed by atoms with Crippen molar-refractivity contribution in [1.29, 1.82) is 0 Å². The Kier molecular flexibility index (Phi) is 3.31. The maximum atomic E-state index is 10.1. The van der Waals surface area contributed by atoms with Crippen molar-refractivity contribution in [2.75, 3.05) is 13.1 Å². The second kappa shape index (κ2) is 4.09. The van der Waals surface area contributed by atoms with Crippen LogP contribution in [-0.2, 0) is 5.60 Å². The Bertz CT molecular complexity index is 257. The molecular formula is C10H14ClNO. The monoisotopic (exact) mass is 199 g/mol. The van der Waals surface area contributed by atoms with Crippen LogP contribution in [0, 0.1) is 0 Å². The Morgan fingerprint density at radius 1 is 1.23 bits per heavy atom. The van der Waals surface area contributed by atoms with Crippen molar-refractivity contribution < 1.29 is 5.11 Å². The Labute approximate surface area is 84.4 Å². The lowest BCUT2D eigenvalue weighted by molar-refractivity contribution is 0.0587. The molecule has 1 heterocycles. The third kappa shape index (κ3) is 2.02. The number of halogens is 1. The maximum absolute atomic E-state index is 10.1. The lowest BCUT2D eigenvalue weighted by atomic mass is 9.93. The van der Waals surface area contributed by atoms with E-state index in [4.69, 9.17) is 0 Å². The summed E-state index contributed by atoms with van der Waals surface area (Å²) in [5.41, 5.74) is 0.399. The van der Waals surface area contributed by atoms with Crippen molar-refractivity contribution in [1.82, 2.24) is 5.32 Å². The van der Waals surface area contributed by atoms with Crippen LogP contribution in [0.3, 0.4) is 0 Å². The van der Waals surface area contributed by atoms with Gasteiger partial charge in [0.2, 0.25) is 0 Å². The molecule has 1 aromatic rings. The van der Waals surface area contributed by atoms with Gasteiger partial charge in [-0.05, 0) is 18.5 Å². The summed E-state index contributed by atoms with van der Waals surface area (Å²) in [6.07, 6.45) is 0.816. The van der Waals surface area contributed by atoms with Gasteiger partial charge in [-0.3, -0.25) is 0 Å². The Morgan fingerprint density at radius 3 is 2.46 bits per heavy atom. The Morgan fingerprint density at radius 2 is 1.92 bits per heavy atom. The molecule has 13 heavy (non-hydrogen) atoms. The van der Waals surface area contributed by atoms with E-state index in [1.54, 1.807) is 0 Å². The molecule has 1 aliphatic heterocycles. The van der Waals surface area contributed by atoms with Gasteiger partial charge >= 0.3 is 0 Å². The summed E-state index contributed by atoms with van der Waals surface area (Å²) in [4.78, 5) is 0. The smallest absolute Gasteiger partial charge is 0.103 e. The summed E-state index contributed by atoms with van der Waals surface area (Å²) in [5, 5.41) is 13.3. The molecule has 0 spiro atoms. The molecule has 1 atom stereocenters. The molecule has 0 bridgehead atoms. The first-order chi connectivity index (χ1) is 5.81. The van der Waals surface area contributed by atoms with E-state index in [0.717, 1.165) is 18.5 Å². The van der Waals surface area contributed by atoms with E-state index in [0.29, 0.717) is 6.54 Å². The quantitative estimate of drug-likeness (QED) is 0.715. The third-order valence-electron chi connectivity index (χ3n) is 2.44. The first kappa shape index (κ1) is 10.5. The standard InChI is InChI=1S/C10H13NO.ClH/c12-10(6-7-11-8-10)9-4-2-1-3-5-9;/h1-5,11-12H,6-8H2;1H/t10-;/m0./s1. The van der Waals surface area contributed by atoms with Gasteiger partial charge < -0.3 is 10.4 Å². The topological polar surface area (TPSA) is 32.3 Å². The molecule has 1 aromatic carbocycles. The molecule has 72 valence electrons. The molecule has 0 saturated carbocycles. The summed E-state index contributed by atoms with van der Waals surface area (Å²) >= 11 is 0. The van der Waals surface area contributed by atoms with E-state index >= 15 is 0 Å². The van der Waals surface area contributed by atoms with E-state index in [-0.39, 0.29) is 12.4 Å². The Balaban J connectivity index is 0.000000845. The molecule has 3 heteroatoms. The number of hydrogen-bond acceptors (Lipinski definition) is 2. The second-order valence-corrected chi connectivity index (χ2v) is 3.32.